The van der Waals surface area contributed by atoms with Gasteiger partial charge in [-0.1, -0.05) is 60.7 Å². The molecule has 8 nitrogen and oxygen atoms in total. The van der Waals surface area contributed by atoms with E-state index >= 15 is 0 Å². The van der Waals surface area contributed by atoms with Crippen molar-refractivity contribution in [2.45, 2.75) is 10.9 Å². The molecule has 10 heteroatoms. The highest BCUT2D eigenvalue weighted by molar-refractivity contribution is 7.89. The summed E-state index contributed by atoms with van der Waals surface area (Å²) in [6.45, 7) is 0.136. The minimum absolute atomic E-state index is 0.156. The Morgan fingerprint density at radius 3 is 2.11 bits per heavy atom. The Morgan fingerprint density at radius 2 is 1.53 bits per heavy atom. The highest BCUT2D eigenvalue weighted by Crippen LogP contribution is 2.23. The van der Waals surface area contributed by atoms with E-state index in [9.17, 15) is 22.4 Å². The molecule has 188 valence electrons. The molecule has 1 saturated heterocycles. The number of nitrogens with zero attached hydrogens (tertiary/aromatic N) is 1. The third-order valence-electron chi connectivity index (χ3n) is 5.67. The van der Waals surface area contributed by atoms with Gasteiger partial charge in [-0.3, -0.25) is 4.79 Å². The monoisotopic (exact) mass is 512 g/mol. The molecule has 0 bridgehead atoms. The topological polar surface area (TPSA) is 102 Å². The van der Waals surface area contributed by atoms with Gasteiger partial charge in [0, 0.05) is 13.1 Å². The summed E-state index contributed by atoms with van der Waals surface area (Å²) in [5, 5.41) is 2.83. The van der Waals surface area contributed by atoms with Crippen LogP contribution in [0.2, 0.25) is 0 Å². The lowest BCUT2D eigenvalue weighted by atomic mass is 9.99. The minimum Gasteiger partial charge on any atom is -0.452 e. The van der Waals surface area contributed by atoms with E-state index in [1.54, 1.807) is 0 Å². The summed E-state index contributed by atoms with van der Waals surface area (Å²) in [7, 11) is -3.94. The number of hydrogen-bond acceptors (Lipinski definition) is 6. The molecule has 36 heavy (non-hydrogen) atoms. The van der Waals surface area contributed by atoms with Gasteiger partial charge < -0.3 is 14.8 Å². The average molecular weight is 513 g/mol. The number of rotatable bonds is 8. The van der Waals surface area contributed by atoms with E-state index in [1.165, 1.54) is 4.31 Å². The predicted molar refractivity (Wildman–Crippen MR) is 129 cm³/mol. The van der Waals surface area contributed by atoms with Gasteiger partial charge in [0.15, 0.2) is 6.61 Å². The van der Waals surface area contributed by atoms with Gasteiger partial charge in [-0.15, -0.1) is 0 Å². The maximum Gasteiger partial charge on any atom is 0.341 e. The standard InChI is InChI=1S/C26H25FN2O6S/c27-23-12-11-21(36(32,33)29-13-15-34-16-14-29)17-22(23)26(31)35-18-24(30)28-25(19-7-3-1-4-8-19)20-9-5-2-6-10-20/h1-12,17,25H,13-16,18H2,(H,28,30). The van der Waals surface area contributed by atoms with Gasteiger partial charge >= 0.3 is 5.97 Å². The van der Waals surface area contributed by atoms with E-state index in [0.29, 0.717) is 0 Å². The quantitative estimate of drug-likeness (QED) is 0.466. The number of hydrogen-bond donors (Lipinski definition) is 1. The van der Waals surface area contributed by atoms with Crippen molar-refractivity contribution in [3.8, 4) is 0 Å². The summed E-state index contributed by atoms with van der Waals surface area (Å²) < 4.78 is 51.5. The van der Waals surface area contributed by atoms with Crippen LogP contribution in [0.3, 0.4) is 0 Å². The molecule has 3 aromatic rings. The fourth-order valence-electron chi connectivity index (χ4n) is 3.82. The van der Waals surface area contributed by atoms with E-state index < -0.39 is 45.9 Å². The first-order chi connectivity index (χ1) is 17.4. The second-order valence-corrected chi connectivity index (χ2v) is 9.99. The molecule has 0 aliphatic carbocycles. The predicted octanol–water partition coefficient (Wildman–Crippen LogP) is 2.91. The smallest absolute Gasteiger partial charge is 0.341 e. The fraction of sp³-hybridized carbons (Fsp3) is 0.231. The Bertz CT molecular complexity index is 1270. The zero-order chi connectivity index (χ0) is 25.5. The number of benzene rings is 3. The first-order valence-corrected chi connectivity index (χ1v) is 12.7. The van der Waals surface area contributed by atoms with E-state index in [1.807, 2.05) is 60.7 Å². The Morgan fingerprint density at radius 1 is 0.944 bits per heavy atom. The molecule has 1 heterocycles. The van der Waals surface area contributed by atoms with Gasteiger partial charge in [0.25, 0.3) is 5.91 Å². The number of morpholine rings is 1. The molecule has 3 aromatic carbocycles. The molecule has 0 aromatic heterocycles. The molecule has 4 rings (SSSR count). The zero-order valence-corrected chi connectivity index (χ0v) is 20.1. The Kier molecular flexibility index (Phi) is 8.09. The Hall–Kier alpha value is -3.60. The fourth-order valence-corrected chi connectivity index (χ4v) is 5.25. The van der Waals surface area contributed by atoms with Crippen molar-refractivity contribution in [2.24, 2.45) is 0 Å². The molecule has 0 spiro atoms. The first-order valence-electron chi connectivity index (χ1n) is 11.3. The molecule has 0 radical (unpaired) electrons. The highest BCUT2D eigenvalue weighted by atomic mass is 32.2. The average Bonchev–Trinajstić information content (AvgIpc) is 2.92. The van der Waals surface area contributed by atoms with Gasteiger partial charge in [0.05, 0.1) is 29.7 Å². The lowest BCUT2D eigenvalue weighted by Crippen LogP contribution is -2.40. The normalized spacial score (nSPS) is 14.4. The van der Waals surface area contributed by atoms with Crippen LogP contribution < -0.4 is 5.32 Å². The second kappa shape index (κ2) is 11.4. The van der Waals surface area contributed by atoms with Crippen LogP contribution in [0.1, 0.15) is 27.5 Å². The molecule has 0 atom stereocenters. The van der Waals surface area contributed by atoms with Gasteiger partial charge in [-0.05, 0) is 29.3 Å². The van der Waals surface area contributed by atoms with Crippen LogP contribution in [0.5, 0.6) is 0 Å². The third kappa shape index (κ3) is 5.96. The van der Waals surface area contributed by atoms with Gasteiger partial charge in [-0.25, -0.2) is 17.6 Å². The van der Waals surface area contributed by atoms with Crippen molar-refractivity contribution in [3.05, 3.63) is 101 Å². The molecule has 1 aliphatic heterocycles. The zero-order valence-electron chi connectivity index (χ0n) is 19.3. The molecule has 0 unspecified atom stereocenters. The maximum atomic E-state index is 14.4. The number of ether oxygens (including phenoxy) is 2. The number of carbonyl (C=O) groups is 2. The van der Waals surface area contributed by atoms with Gasteiger partial charge in [0.2, 0.25) is 10.0 Å². The van der Waals surface area contributed by atoms with Gasteiger partial charge in [-0.2, -0.15) is 4.31 Å². The lowest BCUT2D eigenvalue weighted by molar-refractivity contribution is -0.124. The number of nitrogens with one attached hydrogen (secondary N) is 1. The van der Waals surface area contributed by atoms with Crippen molar-refractivity contribution in [1.82, 2.24) is 9.62 Å². The summed E-state index contributed by atoms with van der Waals surface area (Å²) in [5.74, 6) is -2.69. The number of amides is 1. The molecule has 1 aliphatic rings. The van der Waals surface area contributed by atoms with Gasteiger partial charge in [0.1, 0.15) is 5.82 Å². The molecule has 0 saturated carbocycles. The number of halogens is 1. The molecular formula is C26H25FN2O6S. The van der Waals surface area contributed by atoms with Crippen molar-refractivity contribution in [2.75, 3.05) is 32.9 Å². The van der Waals surface area contributed by atoms with E-state index in [0.717, 1.165) is 29.3 Å². The van der Waals surface area contributed by atoms with Crippen LogP contribution in [0.25, 0.3) is 0 Å². The van der Waals surface area contributed by atoms with Crippen LogP contribution >= 0.6 is 0 Å². The first kappa shape index (κ1) is 25.5. The van der Waals surface area contributed by atoms with Crippen LogP contribution in [0, 0.1) is 5.82 Å². The minimum atomic E-state index is -3.94. The van der Waals surface area contributed by atoms with E-state index in [4.69, 9.17) is 9.47 Å². The van der Waals surface area contributed by atoms with Crippen molar-refractivity contribution < 1.29 is 31.9 Å². The number of carbonyl (C=O) groups excluding carboxylic acids is 2. The van der Waals surface area contributed by atoms with Crippen molar-refractivity contribution in [3.63, 3.8) is 0 Å². The SMILES string of the molecule is O=C(COC(=O)c1cc(S(=O)(=O)N2CCOCC2)ccc1F)NC(c1ccccc1)c1ccccc1. The summed E-state index contributed by atoms with van der Waals surface area (Å²) in [6.07, 6.45) is 0. The molecule has 1 amide bonds. The van der Waals surface area contributed by atoms with Crippen LogP contribution in [0.4, 0.5) is 4.39 Å². The van der Waals surface area contributed by atoms with Crippen LogP contribution in [0.15, 0.2) is 83.8 Å². The summed E-state index contributed by atoms with van der Waals surface area (Å²) in [4.78, 5) is 25.0. The molecule has 1 fully saturated rings. The maximum absolute atomic E-state index is 14.4. The van der Waals surface area contributed by atoms with E-state index in [2.05, 4.69) is 5.32 Å². The highest BCUT2D eigenvalue weighted by Gasteiger charge is 2.28. The Balaban J connectivity index is 1.45. The summed E-state index contributed by atoms with van der Waals surface area (Å²) >= 11 is 0. The van der Waals surface area contributed by atoms with Crippen molar-refractivity contribution >= 4 is 21.9 Å². The van der Waals surface area contributed by atoms with Crippen LogP contribution in [-0.4, -0.2) is 57.5 Å². The molecule has 1 N–H and O–H groups in total. The second-order valence-electron chi connectivity index (χ2n) is 8.06. The Labute approximate surface area is 208 Å². The van der Waals surface area contributed by atoms with Crippen LogP contribution in [-0.2, 0) is 24.3 Å². The van der Waals surface area contributed by atoms with E-state index in [-0.39, 0.29) is 31.2 Å². The summed E-state index contributed by atoms with van der Waals surface area (Å²) in [5.41, 5.74) is 1.09. The third-order valence-corrected chi connectivity index (χ3v) is 7.57. The number of sulfonamides is 1. The lowest BCUT2D eigenvalue weighted by Gasteiger charge is -2.26. The number of esters is 1. The van der Waals surface area contributed by atoms with Crippen molar-refractivity contribution in [1.29, 1.82) is 0 Å². The summed E-state index contributed by atoms with van der Waals surface area (Å²) in [6, 6.07) is 21.0. The molecular weight excluding hydrogens is 487 g/mol. The largest absolute Gasteiger partial charge is 0.452 e.